The number of thiophene rings is 1. The van der Waals surface area contributed by atoms with E-state index in [0.717, 1.165) is 24.7 Å². The number of carbonyl (C=O) groups excluding carboxylic acids is 1. The van der Waals surface area contributed by atoms with Crippen molar-refractivity contribution >= 4 is 33.2 Å². The van der Waals surface area contributed by atoms with E-state index in [2.05, 4.69) is 38.3 Å². The first-order chi connectivity index (χ1) is 9.31. The lowest BCUT2D eigenvalue weighted by Crippen LogP contribution is -2.40. The fraction of sp³-hybridized carbons (Fsp3) is 0.667. The molecule has 0 aliphatic heterocycles. The molecule has 106 valence electrons. The lowest BCUT2D eigenvalue weighted by molar-refractivity contribution is -0.133. The van der Waals surface area contributed by atoms with Crippen molar-refractivity contribution in [1.29, 1.82) is 0 Å². The molecule has 0 unspecified atom stereocenters. The summed E-state index contributed by atoms with van der Waals surface area (Å²) < 4.78 is 0. The van der Waals surface area contributed by atoms with E-state index < -0.39 is 0 Å². The summed E-state index contributed by atoms with van der Waals surface area (Å²) in [6.07, 6.45) is 7.67. The van der Waals surface area contributed by atoms with Crippen molar-refractivity contribution in [2.75, 3.05) is 11.9 Å². The minimum Gasteiger partial charge on any atom is -0.339 e. The molecule has 19 heavy (non-hydrogen) atoms. The fourth-order valence-corrected chi connectivity index (χ4v) is 3.96. The van der Waals surface area contributed by atoms with Crippen LogP contribution in [0.4, 0.5) is 0 Å². The summed E-state index contributed by atoms with van der Waals surface area (Å²) in [6, 6.07) is 4.74. The largest absolute Gasteiger partial charge is 0.339 e. The van der Waals surface area contributed by atoms with Gasteiger partial charge in [0.05, 0.1) is 0 Å². The van der Waals surface area contributed by atoms with Crippen LogP contribution in [0.3, 0.4) is 0 Å². The zero-order chi connectivity index (χ0) is 13.5. The molecule has 1 heterocycles. The van der Waals surface area contributed by atoms with Crippen molar-refractivity contribution < 1.29 is 4.79 Å². The Hall–Kier alpha value is -0.350. The first-order valence-electron chi connectivity index (χ1n) is 7.19. The normalized spacial score (nSPS) is 15.8. The van der Waals surface area contributed by atoms with Gasteiger partial charge in [-0.25, -0.2) is 0 Å². The summed E-state index contributed by atoms with van der Waals surface area (Å²) in [7, 11) is 0. The summed E-state index contributed by atoms with van der Waals surface area (Å²) in [5.74, 6) is 0.350. The number of hydrogen-bond acceptors (Lipinski definition) is 2. The van der Waals surface area contributed by atoms with Crippen LogP contribution in [0.25, 0.3) is 0 Å². The highest BCUT2D eigenvalue weighted by molar-refractivity contribution is 9.09. The zero-order valence-electron chi connectivity index (χ0n) is 11.3. The standard InChI is InChI=1S/C15H22BrNOS/c16-10-11-17(13-5-1-2-6-13)15(18)9-3-7-14-8-4-12-19-14/h4,8,12-13H,1-3,5-7,9-11H2. The van der Waals surface area contributed by atoms with E-state index in [0.29, 0.717) is 18.4 Å². The van der Waals surface area contributed by atoms with E-state index in [9.17, 15) is 4.79 Å². The van der Waals surface area contributed by atoms with Gasteiger partial charge in [0, 0.05) is 29.2 Å². The third-order valence-electron chi connectivity index (χ3n) is 3.81. The topological polar surface area (TPSA) is 20.3 Å². The van der Waals surface area contributed by atoms with Gasteiger partial charge in [0.15, 0.2) is 0 Å². The number of aryl methyl sites for hydroxylation is 1. The van der Waals surface area contributed by atoms with Crippen LogP contribution in [0.5, 0.6) is 0 Å². The van der Waals surface area contributed by atoms with E-state index in [1.165, 1.54) is 30.6 Å². The molecule has 0 spiro atoms. The van der Waals surface area contributed by atoms with Crippen LogP contribution < -0.4 is 0 Å². The first-order valence-corrected chi connectivity index (χ1v) is 9.19. The van der Waals surface area contributed by atoms with Gasteiger partial charge >= 0.3 is 0 Å². The van der Waals surface area contributed by atoms with Gasteiger partial charge in [-0.1, -0.05) is 34.8 Å². The Morgan fingerprint density at radius 1 is 1.42 bits per heavy atom. The van der Waals surface area contributed by atoms with Gasteiger partial charge in [-0.15, -0.1) is 11.3 Å². The molecule has 2 nitrogen and oxygen atoms in total. The van der Waals surface area contributed by atoms with Crippen molar-refractivity contribution in [2.45, 2.75) is 51.0 Å². The third kappa shape index (κ3) is 4.60. The summed E-state index contributed by atoms with van der Waals surface area (Å²) in [6.45, 7) is 0.864. The van der Waals surface area contributed by atoms with Gasteiger partial charge in [-0.2, -0.15) is 0 Å². The van der Waals surface area contributed by atoms with Crippen molar-refractivity contribution in [2.24, 2.45) is 0 Å². The van der Waals surface area contributed by atoms with Crippen LogP contribution in [0.2, 0.25) is 0 Å². The molecule has 0 atom stereocenters. The predicted octanol–water partition coefficient (Wildman–Crippen LogP) is 4.24. The number of alkyl halides is 1. The average molecular weight is 344 g/mol. The predicted molar refractivity (Wildman–Crippen MR) is 85.0 cm³/mol. The third-order valence-corrected chi connectivity index (χ3v) is 5.10. The molecule has 4 heteroatoms. The molecule has 1 saturated carbocycles. The monoisotopic (exact) mass is 343 g/mol. The average Bonchev–Trinajstić information content (AvgIpc) is 3.08. The Bertz CT molecular complexity index is 374. The van der Waals surface area contributed by atoms with Crippen LogP contribution in [0.15, 0.2) is 17.5 Å². The number of rotatable bonds is 7. The smallest absolute Gasteiger partial charge is 0.222 e. The molecule has 0 saturated heterocycles. The van der Waals surface area contributed by atoms with Crippen LogP contribution in [0, 0.1) is 0 Å². The summed E-state index contributed by atoms with van der Waals surface area (Å²) in [5, 5.41) is 2.99. The second-order valence-electron chi connectivity index (χ2n) is 5.15. The summed E-state index contributed by atoms with van der Waals surface area (Å²) in [4.78, 5) is 15.9. The van der Waals surface area contributed by atoms with Crippen molar-refractivity contribution in [3.05, 3.63) is 22.4 Å². The van der Waals surface area contributed by atoms with Gasteiger partial charge in [-0.05, 0) is 37.1 Å². The molecule has 1 aliphatic rings. The van der Waals surface area contributed by atoms with Gasteiger partial charge < -0.3 is 4.90 Å². The maximum atomic E-state index is 12.4. The molecule has 0 radical (unpaired) electrons. The van der Waals surface area contributed by atoms with E-state index in [1.54, 1.807) is 11.3 Å². The van der Waals surface area contributed by atoms with Crippen LogP contribution in [-0.4, -0.2) is 28.7 Å². The number of amides is 1. The molecular formula is C15H22BrNOS. The molecule has 1 fully saturated rings. The fourth-order valence-electron chi connectivity index (χ4n) is 2.83. The van der Waals surface area contributed by atoms with E-state index in [-0.39, 0.29) is 0 Å². The first kappa shape index (κ1) is 15.0. The second-order valence-corrected chi connectivity index (χ2v) is 6.97. The number of halogens is 1. The highest BCUT2D eigenvalue weighted by Crippen LogP contribution is 2.24. The molecule has 0 N–H and O–H groups in total. The Labute approximate surface area is 128 Å². The zero-order valence-corrected chi connectivity index (χ0v) is 13.7. The molecule has 1 aliphatic carbocycles. The van der Waals surface area contributed by atoms with E-state index >= 15 is 0 Å². The Morgan fingerprint density at radius 3 is 2.84 bits per heavy atom. The van der Waals surface area contributed by atoms with Gasteiger partial charge in [-0.3, -0.25) is 4.79 Å². The lowest BCUT2D eigenvalue weighted by atomic mass is 10.1. The molecule has 0 aromatic carbocycles. The van der Waals surface area contributed by atoms with E-state index in [4.69, 9.17) is 0 Å². The molecule has 1 aromatic rings. The van der Waals surface area contributed by atoms with Crippen molar-refractivity contribution in [1.82, 2.24) is 4.90 Å². The second kappa shape index (κ2) is 8.05. The molecule has 2 rings (SSSR count). The lowest BCUT2D eigenvalue weighted by Gasteiger charge is -2.28. The number of nitrogens with zero attached hydrogens (tertiary/aromatic N) is 1. The minimum atomic E-state index is 0.350. The number of hydrogen-bond donors (Lipinski definition) is 0. The quantitative estimate of drug-likeness (QED) is 0.678. The Balaban J connectivity index is 1.78. The molecular weight excluding hydrogens is 322 g/mol. The van der Waals surface area contributed by atoms with Crippen LogP contribution >= 0.6 is 27.3 Å². The maximum absolute atomic E-state index is 12.4. The van der Waals surface area contributed by atoms with Gasteiger partial charge in [0.25, 0.3) is 0 Å². The summed E-state index contributed by atoms with van der Waals surface area (Å²) in [5.41, 5.74) is 0. The van der Waals surface area contributed by atoms with Crippen LogP contribution in [-0.2, 0) is 11.2 Å². The Morgan fingerprint density at radius 2 is 2.21 bits per heavy atom. The van der Waals surface area contributed by atoms with Gasteiger partial charge in [0.1, 0.15) is 0 Å². The number of carbonyl (C=O) groups is 1. The summed E-state index contributed by atoms with van der Waals surface area (Å²) >= 11 is 5.26. The molecule has 0 bridgehead atoms. The van der Waals surface area contributed by atoms with Crippen LogP contribution in [0.1, 0.15) is 43.4 Å². The molecule has 1 amide bonds. The minimum absolute atomic E-state index is 0.350. The molecule has 1 aromatic heterocycles. The van der Waals surface area contributed by atoms with Gasteiger partial charge in [0.2, 0.25) is 5.91 Å². The Kier molecular flexibility index (Phi) is 6.38. The van der Waals surface area contributed by atoms with Crippen molar-refractivity contribution in [3.8, 4) is 0 Å². The highest BCUT2D eigenvalue weighted by Gasteiger charge is 2.25. The highest BCUT2D eigenvalue weighted by atomic mass is 79.9. The SMILES string of the molecule is O=C(CCCc1cccs1)N(CCBr)C1CCCC1. The van der Waals surface area contributed by atoms with Crippen molar-refractivity contribution in [3.63, 3.8) is 0 Å². The van der Waals surface area contributed by atoms with E-state index in [1.807, 2.05) is 0 Å². The maximum Gasteiger partial charge on any atom is 0.222 e.